The van der Waals surface area contributed by atoms with E-state index in [0.717, 1.165) is 18.7 Å². The molecular formula is C21H29N3O5. The predicted molar refractivity (Wildman–Crippen MR) is 108 cm³/mol. The predicted octanol–water partition coefficient (Wildman–Crippen LogP) is 2.51. The highest BCUT2D eigenvalue weighted by atomic mass is 16.6. The molecule has 2 unspecified atom stereocenters. The van der Waals surface area contributed by atoms with E-state index >= 15 is 0 Å². The molecule has 29 heavy (non-hydrogen) atoms. The van der Waals surface area contributed by atoms with Crippen LogP contribution >= 0.6 is 0 Å². The molecular weight excluding hydrogens is 374 g/mol. The van der Waals surface area contributed by atoms with Crippen LogP contribution in [0.2, 0.25) is 0 Å². The molecule has 2 heterocycles. The lowest BCUT2D eigenvalue weighted by Crippen LogP contribution is -2.34. The van der Waals surface area contributed by atoms with Crippen LogP contribution in [0.4, 0.5) is 15.3 Å². The zero-order valence-corrected chi connectivity index (χ0v) is 17.0. The molecule has 4 rings (SSSR count). The Balaban J connectivity index is 0.00000256. The fraction of sp³-hybridized carbons (Fsp3) is 0.571. The molecule has 0 aromatic heterocycles. The van der Waals surface area contributed by atoms with Gasteiger partial charge in [0.05, 0.1) is 19.2 Å². The number of benzene rings is 1. The SMILES string of the molecule is CC(=O)NC[C@H]1CN(c2ccc(C34CC3CN(C(=O)OC(C)C)C4)cc2)C(=O)O1.[HH]. The Morgan fingerprint density at radius 3 is 2.69 bits per heavy atom. The maximum atomic E-state index is 12.2. The van der Waals surface area contributed by atoms with Crippen LogP contribution in [-0.2, 0) is 19.7 Å². The minimum absolute atomic E-state index is 0. The van der Waals surface area contributed by atoms with E-state index in [-0.39, 0.29) is 31.0 Å². The van der Waals surface area contributed by atoms with Gasteiger partial charge in [-0.05, 0) is 43.9 Å². The van der Waals surface area contributed by atoms with Gasteiger partial charge in [0.1, 0.15) is 6.10 Å². The quantitative estimate of drug-likeness (QED) is 0.816. The van der Waals surface area contributed by atoms with Gasteiger partial charge < -0.3 is 19.7 Å². The fourth-order valence-corrected chi connectivity index (χ4v) is 4.41. The fourth-order valence-electron chi connectivity index (χ4n) is 4.41. The molecule has 2 aliphatic heterocycles. The maximum absolute atomic E-state index is 12.2. The number of piperidine rings is 1. The van der Waals surface area contributed by atoms with Crippen LogP contribution in [0.15, 0.2) is 24.3 Å². The van der Waals surface area contributed by atoms with E-state index < -0.39 is 6.09 Å². The zero-order chi connectivity index (χ0) is 20.8. The van der Waals surface area contributed by atoms with Gasteiger partial charge in [0.25, 0.3) is 0 Å². The van der Waals surface area contributed by atoms with E-state index in [1.807, 2.05) is 38.1 Å². The Bertz CT molecular complexity index is 830. The number of nitrogens with zero attached hydrogens (tertiary/aromatic N) is 2. The number of rotatable bonds is 5. The van der Waals surface area contributed by atoms with Crippen molar-refractivity contribution in [2.75, 3.05) is 31.1 Å². The second kappa shape index (κ2) is 7.24. The van der Waals surface area contributed by atoms with E-state index in [1.54, 1.807) is 9.80 Å². The van der Waals surface area contributed by atoms with Gasteiger partial charge in [-0.1, -0.05) is 12.1 Å². The Hall–Kier alpha value is -2.77. The van der Waals surface area contributed by atoms with Crippen molar-refractivity contribution in [2.45, 2.75) is 44.8 Å². The number of anilines is 1. The lowest BCUT2D eigenvalue weighted by molar-refractivity contribution is -0.119. The van der Waals surface area contributed by atoms with Gasteiger partial charge in [-0.15, -0.1) is 0 Å². The van der Waals surface area contributed by atoms with Gasteiger partial charge in [0.2, 0.25) is 5.91 Å². The van der Waals surface area contributed by atoms with Crippen molar-refractivity contribution < 1.29 is 25.3 Å². The monoisotopic (exact) mass is 403 g/mol. The van der Waals surface area contributed by atoms with E-state index in [4.69, 9.17) is 9.47 Å². The number of cyclic esters (lactones) is 1. The molecule has 3 aliphatic rings. The molecule has 3 fully saturated rings. The van der Waals surface area contributed by atoms with Crippen molar-refractivity contribution in [3.63, 3.8) is 0 Å². The summed E-state index contributed by atoms with van der Waals surface area (Å²) >= 11 is 0. The van der Waals surface area contributed by atoms with Gasteiger partial charge in [-0.25, -0.2) is 9.59 Å². The van der Waals surface area contributed by atoms with Gasteiger partial charge in [0, 0.05) is 32.5 Å². The summed E-state index contributed by atoms with van der Waals surface area (Å²) in [6, 6.07) is 7.94. The molecule has 2 saturated heterocycles. The van der Waals surface area contributed by atoms with E-state index in [2.05, 4.69) is 5.32 Å². The van der Waals surface area contributed by atoms with Crippen molar-refractivity contribution in [1.29, 1.82) is 0 Å². The van der Waals surface area contributed by atoms with Crippen LogP contribution in [0.3, 0.4) is 0 Å². The molecule has 1 saturated carbocycles. The van der Waals surface area contributed by atoms with Crippen LogP contribution in [0.25, 0.3) is 0 Å². The second-order valence-corrected chi connectivity index (χ2v) is 8.47. The van der Waals surface area contributed by atoms with Crippen LogP contribution in [0.5, 0.6) is 0 Å². The lowest BCUT2D eigenvalue weighted by Gasteiger charge is -2.22. The third-order valence-electron chi connectivity index (χ3n) is 5.95. The van der Waals surface area contributed by atoms with E-state index in [1.165, 1.54) is 12.5 Å². The number of ether oxygens (including phenoxy) is 2. The molecule has 8 heteroatoms. The summed E-state index contributed by atoms with van der Waals surface area (Å²) in [5, 5.41) is 2.68. The number of carbonyl (C=O) groups is 3. The summed E-state index contributed by atoms with van der Waals surface area (Å²) < 4.78 is 10.7. The Labute approximate surface area is 171 Å². The van der Waals surface area contributed by atoms with E-state index in [0.29, 0.717) is 25.6 Å². The number of fused-ring (bicyclic) bond motifs is 1. The number of amides is 3. The van der Waals surface area contributed by atoms with Crippen LogP contribution in [-0.4, -0.2) is 61.4 Å². The smallest absolute Gasteiger partial charge is 0.414 e. The second-order valence-electron chi connectivity index (χ2n) is 8.47. The molecule has 1 aliphatic carbocycles. The van der Waals surface area contributed by atoms with Gasteiger partial charge in [-0.2, -0.15) is 0 Å². The van der Waals surface area contributed by atoms with Crippen molar-refractivity contribution in [1.82, 2.24) is 10.2 Å². The number of nitrogens with one attached hydrogen (secondary N) is 1. The summed E-state index contributed by atoms with van der Waals surface area (Å²) in [6.45, 7) is 7.26. The first kappa shape index (κ1) is 19.5. The molecule has 3 amide bonds. The molecule has 3 atom stereocenters. The van der Waals surface area contributed by atoms with Crippen molar-refractivity contribution in [2.24, 2.45) is 5.92 Å². The number of likely N-dealkylation sites (tertiary alicyclic amines) is 1. The number of hydrogen-bond acceptors (Lipinski definition) is 5. The summed E-state index contributed by atoms with van der Waals surface area (Å²) in [5.41, 5.74) is 1.97. The Morgan fingerprint density at radius 2 is 2.03 bits per heavy atom. The van der Waals surface area contributed by atoms with Gasteiger partial charge >= 0.3 is 12.2 Å². The molecule has 1 aromatic carbocycles. The summed E-state index contributed by atoms with van der Waals surface area (Å²) in [4.78, 5) is 38.8. The van der Waals surface area contributed by atoms with Crippen molar-refractivity contribution >= 4 is 23.8 Å². The Kier molecular flexibility index (Phi) is 4.88. The van der Waals surface area contributed by atoms with Crippen molar-refractivity contribution in [3.05, 3.63) is 29.8 Å². The summed E-state index contributed by atoms with van der Waals surface area (Å²) in [7, 11) is 0. The first-order valence-electron chi connectivity index (χ1n) is 10.1. The molecule has 0 radical (unpaired) electrons. The molecule has 158 valence electrons. The summed E-state index contributed by atoms with van der Waals surface area (Å²) in [6.07, 6.45) is -0.0491. The van der Waals surface area contributed by atoms with E-state index in [9.17, 15) is 14.4 Å². The standard InChI is InChI=1S/C21H27N3O5.H2/c1-13(2)28-19(26)23-10-16-8-21(16,12-23)15-4-6-17(7-5-15)24-11-18(29-20(24)27)9-22-14(3)25;/h4-7,13,16,18H,8-12H2,1-3H3,(H,22,25);1H/t16?,18-,21?;/m0./s1. The average molecular weight is 403 g/mol. The van der Waals surface area contributed by atoms with Gasteiger partial charge in [0.15, 0.2) is 0 Å². The highest BCUT2D eigenvalue weighted by Crippen LogP contribution is 2.59. The minimum atomic E-state index is -0.404. The maximum Gasteiger partial charge on any atom is 0.414 e. The molecule has 0 spiro atoms. The topological polar surface area (TPSA) is 88.2 Å². The third-order valence-corrected chi connectivity index (χ3v) is 5.95. The summed E-state index contributed by atoms with van der Waals surface area (Å²) in [5.74, 6) is 0.317. The zero-order valence-electron chi connectivity index (χ0n) is 17.0. The number of hydrogen-bond donors (Lipinski definition) is 1. The molecule has 1 N–H and O–H groups in total. The van der Waals surface area contributed by atoms with Crippen LogP contribution in [0, 0.1) is 5.92 Å². The van der Waals surface area contributed by atoms with Crippen LogP contribution < -0.4 is 10.2 Å². The molecule has 0 bridgehead atoms. The highest BCUT2D eigenvalue weighted by molar-refractivity contribution is 5.89. The first-order valence-corrected chi connectivity index (χ1v) is 10.1. The third kappa shape index (κ3) is 3.75. The average Bonchev–Trinajstić information content (AvgIpc) is 3.04. The molecule has 1 aromatic rings. The highest BCUT2D eigenvalue weighted by Gasteiger charge is 2.62. The lowest BCUT2D eigenvalue weighted by atomic mass is 9.95. The largest absolute Gasteiger partial charge is 0.447 e. The van der Waals surface area contributed by atoms with Crippen molar-refractivity contribution in [3.8, 4) is 0 Å². The first-order chi connectivity index (χ1) is 13.8. The Morgan fingerprint density at radius 1 is 1.31 bits per heavy atom. The normalized spacial score (nSPS) is 27.7. The number of carbonyl (C=O) groups excluding carboxylic acids is 3. The van der Waals surface area contributed by atoms with Crippen LogP contribution in [0.1, 0.15) is 34.2 Å². The molecule has 8 nitrogen and oxygen atoms in total. The van der Waals surface area contributed by atoms with Gasteiger partial charge in [-0.3, -0.25) is 9.69 Å². The minimum Gasteiger partial charge on any atom is -0.447 e.